The van der Waals surface area contributed by atoms with Crippen molar-refractivity contribution in [2.45, 2.75) is 25.8 Å². The maximum Gasteiger partial charge on any atom is 0.0317 e. The second-order valence-corrected chi connectivity index (χ2v) is 6.18. The first-order valence-corrected chi connectivity index (χ1v) is 7.90. The van der Waals surface area contributed by atoms with Crippen LogP contribution in [-0.4, -0.2) is 18.0 Å². The molecule has 0 bridgehead atoms. The van der Waals surface area contributed by atoms with E-state index in [1.807, 2.05) is 6.07 Å². The van der Waals surface area contributed by atoms with Gasteiger partial charge in [-0.1, -0.05) is 42.5 Å². The van der Waals surface area contributed by atoms with Crippen LogP contribution in [0.15, 0.2) is 54.6 Å². The van der Waals surface area contributed by atoms with Crippen LogP contribution in [0.25, 0.3) is 0 Å². The number of piperidine rings is 1. The third-order valence-corrected chi connectivity index (χ3v) is 4.33. The predicted octanol–water partition coefficient (Wildman–Crippen LogP) is 4.15. The van der Waals surface area contributed by atoms with Gasteiger partial charge in [0, 0.05) is 18.8 Å². The molecule has 0 aliphatic carbocycles. The molecule has 1 heterocycles. The molecule has 1 fully saturated rings. The van der Waals surface area contributed by atoms with Crippen molar-refractivity contribution in [1.82, 2.24) is 4.90 Å². The van der Waals surface area contributed by atoms with Crippen LogP contribution in [0.2, 0.25) is 0 Å². The van der Waals surface area contributed by atoms with Gasteiger partial charge < -0.3 is 5.73 Å². The van der Waals surface area contributed by atoms with Crippen molar-refractivity contribution in [1.29, 1.82) is 0 Å². The van der Waals surface area contributed by atoms with Crippen LogP contribution in [0, 0.1) is 5.92 Å². The van der Waals surface area contributed by atoms with Crippen LogP contribution < -0.4 is 5.73 Å². The van der Waals surface area contributed by atoms with Crippen LogP contribution >= 0.6 is 12.4 Å². The monoisotopic (exact) mass is 316 g/mol. The molecule has 22 heavy (non-hydrogen) atoms. The van der Waals surface area contributed by atoms with Gasteiger partial charge in [-0.05, 0) is 55.0 Å². The molecule has 1 unspecified atom stereocenters. The van der Waals surface area contributed by atoms with E-state index in [9.17, 15) is 0 Å². The van der Waals surface area contributed by atoms with Gasteiger partial charge in [0.2, 0.25) is 0 Å². The lowest BCUT2D eigenvalue weighted by molar-refractivity contribution is 0.167. The topological polar surface area (TPSA) is 29.3 Å². The molecule has 0 saturated carbocycles. The number of likely N-dealkylation sites (tertiary alicyclic amines) is 1. The molecule has 1 aliphatic rings. The van der Waals surface area contributed by atoms with Crippen LogP contribution in [-0.2, 0) is 13.0 Å². The Morgan fingerprint density at radius 2 is 1.77 bits per heavy atom. The molecule has 1 saturated heterocycles. The highest BCUT2D eigenvalue weighted by Crippen LogP contribution is 2.22. The largest absolute Gasteiger partial charge is 0.399 e. The Labute approximate surface area is 139 Å². The first kappa shape index (κ1) is 16.9. The zero-order chi connectivity index (χ0) is 14.5. The van der Waals surface area contributed by atoms with E-state index in [1.165, 1.54) is 43.5 Å². The Kier molecular flexibility index (Phi) is 6.29. The zero-order valence-electron chi connectivity index (χ0n) is 12.9. The average Bonchev–Trinajstić information content (AvgIpc) is 2.49. The smallest absolute Gasteiger partial charge is 0.0317 e. The summed E-state index contributed by atoms with van der Waals surface area (Å²) in [5, 5.41) is 0. The van der Waals surface area contributed by atoms with Gasteiger partial charge in [0.15, 0.2) is 0 Å². The minimum atomic E-state index is 0. The van der Waals surface area contributed by atoms with Crippen molar-refractivity contribution < 1.29 is 0 Å². The van der Waals surface area contributed by atoms with Gasteiger partial charge in [-0.15, -0.1) is 12.4 Å². The Bertz CT molecular complexity index is 571. The van der Waals surface area contributed by atoms with E-state index in [0.717, 1.165) is 18.2 Å². The fourth-order valence-corrected chi connectivity index (χ4v) is 3.36. The summed E-state index contributed by atoms with van der Waals surface area (Å²) in [7, 11) is 0. The van der Waals surface area contributed by atoms with E-state index in [0.29, 0.717) is 0 Å². The second-order valence-electron chi connectivity index (χ2n) is 6.18. The summed E-state index contributed by atoms with van der Waals surface area (Å²) < 4.78 is 0. The lowest BCUT2D eigenvalue weighted by atomic mass is 9.91. The molecule has 0 radical (unpaired) electrons. The summed E-state index contributed by atoms with van der Waals surface area (Å²) >= 11 is 0. The van der Waals surface area contributed by atoms with Gasteiger partial charge in [-0.25, -0.2) is 0 Å². The third kappa shape index (κ3) is 4.75. The molecule has 3 rings (SSSR count). The second kappa shape index (κ2) is 8.21. The summed E-state index contributed by atoms with van der Waals surface area (Å²) in [6.45, 7) is 3.43. The Morgan fingerprint density at radius 3 is 2.55 bits per heavy atom. The fourth-order valence-electron chi connectivity index (χ4n) is 3.36. The van der Waals surface area contributed by atoms with Crippen LogP contribution in [0.1, 0.15) is 24.0 Å². The van der Waals surface area contributed by atoms with Crippen LogP contribution in [0.4, 0.5) is 5.69 Å². The number of halogens is 1. The highest BCUT2D eigenvalue weighted by Gasteiger charge is 2.20. The van der Waals surface area contributed by atoms with Gasteiger partial charge in [0.25, 0.3) is 0 Å². The minimum absolute atomic E-state index is 0. The third-order valence-electron chi connectivity index (χ3n) is 4.33. The van der Waals surface area contributed by atoms with E-state index in [1.54, 1.807) is 0 Å². The molecule has 118 valence electrons. The lowest BCUT2D eigenvalue weighted by Gasteiger charge is -2.33. The minimum Gasteiger partial charge on any atom is -0.399 e. The first-order valence-electron chi connectivity index (χ1n) is 7.90. The summed E-state index contributed by atoms with van der Waals surface area (Å²) in [4.78, 5) is 2.58. The van der Waals surface area contributed by atoms with Crippen molar-refractivity contribution in [3.8, 4) is 0 Å². The Balaban J connectivity index is 0.00000176. The van der Waals surface area contributed by atoms with Gasteiger partial charge >= 0.3 is 0 Å². The summed E-state index contributed by atoms with van der Waals surface area (Å²) in [6, 6.07) is 19.2. The normalized spacial score (nSPS) is 18.6. The van der Waals surface area contributed by atoms with Crippen LogP contribution in [0.3, 0.4) is 0 Å². The number of hydrogen-bond acceptors (Lipinski definition) is 2. The molecule has 0 aromatic heterocycles. The number of benzene rings is 2. The zero-order valence-corrected chi connectivity index (χ0v) is 13.8. The molecular weight excluding hydrogens is 292 g/mol. The van der Waals surface area contributed by atoms with E-state index >= 15 is 0 Å². The maximum absolute atomic E-state index is 5.87. The molecule has 2 N–H and O–H groups in total. The van der Waals surface area contributed by atoms with Crippen molar-refractivity contribution in [2.24, 2.45) is 5.92 Å². The molecule has 1 aliphatic heterocycles. The van der Waals surface area contributed by atoms with Crippen molar-refractivity contribution in [3.63, 3.8) is 0 Å². The Morgan fingerprint density at radius 1 is 1.00 bits per heavy atom. The number of nitrogen functional groups attached to an aromatic ring is 1. The predicted molar refractivity (Wildman–Crippen MR) is 96.2 cm³/mol. The summed E-state index contributed by atoms with van der Waals surface area (Å²) in [6.07, 6.45) is 3.86. The van der Waals surface area contributed by atoms with E-state index in [4.69, 9.17) is 5.73 Å². The molecule has 2 aromatic rings. The lowest BCUT2D eigenvalue weighted by Crippen LogP contribution is -2.35. The molecule has 2 nitrogen and oxygen atoms in total. The van der Waals surface area contributed by atoms with E-state index in [2.05, 4.69) is 53.4 Å². The van der Waals surface area contributed by atoms with Gasteiger partial charge in [0.05, 0.1) is 0 Å². The molecule has 0 amide bonds. The van der Waals surface area contributed by atoms with Crippen molar-refractivity contribution >= 4 is 18.1 Å². The average molecular weight is 317 g/mol. The number of nitrogens with two attached hydrogens (primary N) is 1. The molecular formula is C19H25ClN2. The van der Waals surface area contributed by atoms with Crippen molar-refractivity contribution in [3.05, 3.63) is 65.7 Å². The number of nitrogens with zero attached hydrogens (tertiary/aromatic N) is 1. The molecule has 0 spiro atoms. The quantitative estimate of drug-likeness (QED) is 0.859. The molecule has 2 aromatic carbocycles. The fraction of sp³-hybridized carbons (Fsp3) is 0.368. The van der Waals surface area contributed by atoms with Gasteiger partial charge in [-0.3, -0.25) is 4.90 Å². The summed E-state index contributed by atoms with van der Waals surface area (Å²) in [5.74, 6) is 0.780. The Hall–Kier alpha value is -1.51. The van der Waals surface area contributed by atoms with Crippen LogP contribution in [0.5, 0.6) is 0 Å². The van der Waals surface area contributed by atoms with Crippen molar-refractivity contribution in [2.75, 3.05) is 18.8 Å². The number of hydrogen-bond donors (Lipinski definition) is 1. The molecule has 3 heteroatoms. The standard InChI is InChI=1S/C19H24N2.ClH/c20-19-10-4-8-18(13-19)15-21-11-5-9-17(14-21)12-16-6-2-1-3-7-16;/h1-4,6-8,10,13,17H,5,9,11-12,14-15,20H2;1H. The van der Waals surface area contributed by atoms with Gasteiger partial charge in [-0.2, -0.15) is 0 Å². The maximum atomic E-state index is 5.87. The summed E-state index contributed by atoms with van der Waals surface area (Å²) in [5.41, 5.74) is 9.54. The SMILES string of the molecule is Cl.Nc1cccc(CN2CCCC(Cc3ccccc3)C2)c1. The first-order chi connectivity index (χ1) is 10.3. The number of anilines is 1. The highest BCUT2D eigenvalue weighted by atomic mass is 35.5. The van der Waals surface area contributed by atoms with Gasteiger partial charge in [0.1, 0.15) is 0 Å². The van der Waals surface area contributed by atoms with E-state index in [-0.39, 0.29) is 12.4 Å². The van der Waals surface area contributed by atoms with E-state index < -0.39 is 0 Å². The highest BCUT2D eigenvalue weighted by molar-refractivity contribution is 5.85. The molecule has 1 atom stereocenters. The number of rotatable bonds is 4.